The molecule has 130 valence electrons. The number of nitro benzene ring substituents is 1. The summed E-state index contributed by atoms with van der Waals surface area (Å²) in [5.41, 5.74) is -0.0405. The zero-order chi connectivity index (χ0) is 17.9. The summed E-state index contributed by atoms with van der Waals surface area (Å²) < 4.78 is 5.05. The van der Waals surface area contributed by atoms with E-state index >= 15 is 0 Å². The average Bonchev–Trinajstić information content (AvgIpc) is 2.51. The molecule has 1 fully saturated rings. The van der Waals surface area contributed by atoms with Crippen molar-refractivity contribution >= 4 is 17.6 Å². The summed E-state index contributed by atoms with van der Waals surface area (Å²) in [6.45, 7) is 5.09. The van der Waals surface area contributed by atoms with Gasteiger partial charge < -0.3 is 9.64 Å². The molecule has 1 aliphatic heterocycles. The van der Waals surface area contributed by atoms with Crippen molar-refractivity contribution in [1.29, 1.82) is 0 Å². The lowest BCUT2D eigenvalue weighted by Crippen LogP contribution is -2.49. The molecule has 1 saturated heterocycles. The molecular weight excluding hydrogens is 312 g/mol. The number of amides is 1. The molecule has 24 heavy (non-hydrogen) atoms. The first-order chi connectivity index (χ1) is 11.3. The maximum atomic E-state index is 12.4. The molecule has 1 aliphatic rings. The van der Waals surface area contributed by atoms with Gasteiger partial charge in [0, 0.05) is 17.6 Å². The second kappa shape index (κ2) is 7.42. The zero-order valence-corrected chi connectivity index (χ0v) is 14.2. The first-order valence-electron chi connectivity index (χ1n) is 8.05. The maximum absolute atomic E-state index is 12.4. The van der Waals surface area contributed by atoms with E-state index in [1.165, 1.54) is 6.07 Å². The molecule has 0 radical (unpaired) electrons. The fourth-order valence-electron chi connectivity index (χ4n) is 3.26. The average molecular weight is 334 g/mol. The molecule has 0 bridgehead atoms. The van der Waals surface area contributed by atoms with Crippen LogP contribution in [0, 0.1) is 17.0 Å². The highest BCUT2D eigenvalue weighted by atomic mass is 16.6. The summed E-state index contributed by atoms with van der Waals surface area (Å²) >= 11 is 0. The van der Waals surface area contributed by atoms with Gasteiger partial charge in [-0.1, -0.05) is 12.1 Å². The molecule has 1 aromatic carbocycles. The normalized spacial score (nSPS) is 20.5. The molecule has 0 unspecified atom stereocenters. The Morgan fingerprint density at radius 1 is 1.29 bits per heavy atom. The number of carbonyl (C=O) groups excluding carboxylic acids is 2. The molecule has 0 N–H and O–H groups in total. The van der Waals surface area contributed by atoms with E-state index in [4.69, 9.17) is 4.74 Å². The van der Waals surface area contributed by atoms with Crippen LogP contribution in [0.15, 0.2) is 18.2 Å². The highest BCUT2D eigenvalue weighted by Gasteiger charge is 2.30. The molecule has 0 aromatic heterocycles. The highest BCUT2D eigenvalue weighted by molar-refractivity contribution is 5.95. The molecule has 7 heteroatoms. The number of carbonyl (C=O) groups is 2. The van der Waals surface area contributed by atoms with Gasteiger partial charge in [-0.15, -0.1) is 0 Å². The number of hydrogen-bond donors (Lipinski definition) is 0. The van der Waals surface area contributed by atoms with Crippen LogP contribution in [-0.4, -0.2) is 40.4 Å². The van der Waals surface area contributed by atoms with Crippen molar-refractivity contribution in [2.75, 3.05) is 6.61 Å². The summed E-state index contributed by atoms with van der Waals surface area (Å²) in [5, 5.41) is 11.1. The minimum atomic E-state index is -0.851. The fraction of sp³-hybridized carbons (Fsp3) is 0.529. The minimum Gasteiger partial charge on any atom is -0.452 e. The van der Waals surface area contributed by atoms with E-state index < -0.39 is 17.5 Å². The number of piperidine rings is 1. The lowest BCUT2D eigenvalue weighted by Gasteiger charge is -2.38. The van der Waals surface area contributed by atoms with E-state index in [1.54, 1.807) is 24.0 Å². The minimum absolute atomic E-state index is 0.105. The summed E-state index contributed by atoms with van der Waals surface area (Å²) in [7, 11) is 0. The van der Waals surface area contributed by atoms with Gasteiger partial charge in [0.25, 0.3) is 11.6 Å². The molecule has 1 heterocycles. The Labute approximate surface area is 140 Å². The van der Waals surface area contributed by atoms with Gasteiger partial charge in [-0.05, 0) is 46.1 Å². The molecular formula is C17H22N2O5. The van der Waals surface area contributed by atoms with Crippen LogP contribution in [0.5, 0.6) is 0 Å². The lowest BCUT2D eigenvalue weighted by atomic mass is 9.97. The van der Waals surface area contributed by atoms with Crippen LogP contribution in [-0.2, 0) is 9.53 Å². The van der Waals surface area contributed by atoms with Crippen LogP contribution in [0.25, 0.3) is 0 Å². The highest BCUT2D eigenvalue weighted by Crippen LogP contribution is 2.25. The van der Waals surface area contributed by atoms with E-state index in [2.05, 4.69) is 0 Å². The number of hydrogen-bond acceptors (Lipinski definition) is 5. The number of likely N-dealkylation sites (tertiary alicyclic amines) is 1. The van der Waals surface area contributed by atoms with E-state index in [0.29, 0.717) is 5.56 Å². The van der Waals surface area contributed by atoms with Crippen molar-refractivity contribution in [3.63, 3.8) is 0 Å². The Kier molecular flexibility index (Phi) is 5.54. The van der Waals surface area contributed by atoms with Crippen LogP contribution >= 0.6 is 0 Å². The van der Waals surface area contributed by atoms with Gasteiger partial charge in [0.05, 0.1) is 4.92 Å². The summed E-state index contributed by atoms with van der Waals surface area (Å²) in [5.74, 6) is -1.12. The van der Waals surface area contributed by atoms with E-state index in [0.717, 1.165) is 19.3 Å². The smallest absolute Gasteiger partial charge is 0.345 e. The molecule has 0 saturated carbocycles. The number of para-hydroxylation sites is 1. The van der Waals surface area contributed by atoms with Gasteiger partial charge in [0.2, 0.25) is 0 Å². The lowest BCUT2D eigenvalue weighted by molar-refractivity contribution is -0.385. The third-order valence-corrected chi connectivity index (χ3v) is 4.45. The zero-order valence-electron chi connectivity index (χ0n) is 14.2. The second-order valence-electron chi connectivity index (χ2n) is 6.23. The van der Waals surface area contributed by atoms with Gasteiger partial charge in [-0.25, -0.2) is 4.79 Å². The van der Waals surface area contributed by atoms with Gasteiger partial charge >= 0.3 is 5.97 Å². The Morgan fingerprint density at radius 3 is 2.50 bits per heavy atom. The summed E-state index contributed by atoms with van der Waals surface area (Å²) in [6, 6.07) is 4.65. The molecule has 0 spiro atoms. The predicted octanol–water partition coefficient (Wildman–Crippen LogP) is 2.85. The monoisotopic (exact) mass is 334 g/mol. The SMILES string of the molecule is Cc1cccc(C(=O)OCC(=O)N2[C@@H](C)CCC[C@@H]2C)c1[N+](=O)[O-]. The fourth-order valence-corrected chi connectivity index (χ4v) is 3.26. The topological polar surface area (TPSA) is 89.8 Å². The van der Waals surface area contributed by atoms with Crippen molar-refractivity contribution in [1.82, 2.24) is 4.90 Å². The first kappa shape index (κ1) is 17.9. The van der Waals surface area contributed by atoms with Crippen molar-refractivity contribution in [3.8, 4) is 0 Å². The second-order valence-corrected chi connectivity index (χ2v) is 6.23. The van der Waals surface area contributed by atoms with E-state index in [1.807, 2.05) is 13.8 Å². The van der Waals surface area contributed by atoms with Gasteiger partial charge in [-0.2, -0.15) is 0 Å². The molecule has 2 atom stereocenters. The summed E-state index contributed by atoms with van der Waals surface area (Å²) in [6.07, 6.45) is 2.92. The van der Waals surface area contributed by atoms with Crippen molar-refractivity contribution in [3.05, 3.63) is 39.4 Å². The van der Waals surface area contributed by atoms with Crippen LogP contribution in [0.4, 0.5) is 5.69 Å². The largest absolute Gasteiger partial charge is 0.452 e. The molecule has 7 nitrogen and oxygen atoms in total. The van der Waals surface area contributed by atoms with Crippen LogP contribution in [0.3, 0.4) is 0 Å². The van der Waals surface area contributed by atoms with Crippen LogP contribution in [0.1, 0.15) is 49.0 Å². The van der Waals surface area contributed by atoms with Crippen molar-refractivity contribution in [2.24, 2.45) is 0 Å². The van der Waals surface area contributed by atoms with E-state index in [9.17, 15) is 19.7 Å². The third kappa shape index (κ3) is 3.72. The molecule has 0 aliphatic carbocycles. The maximum Gasteiger partial charge on any atom is 0.345 e. The predicted molar refractivity (Wildman–Crippen MR) is 87.7 cm³/mol. The van der Waals surface area contributed by atoms with Gasteiger partial charge in [0.1, 0.15) is 5.56 Å². The van der Waals surface area contributed by atoms with Gasteiger partial charge in [-0.3, -0.25) is 14.9 Å². The number of benzene rings is 1. The third-order valence-electron chi connectivity index (χ3n) is 4.45. The number of ether oxygens (including phenoxy) is 1. The Bertz CT molecular complexity index is 648. The number of nitro groups is 1. The van der Waals surface area contributed by atoms with E-state index in [-0.39, 0.29) is 29.2 Å². The van der Waals surface area contributed by atoms with Crippen molar-refractivity contribution < 1.29 is 19.2 Å². The van der Waals surface area contributed by atoms with Crippen molar-refractivity contribution in [2.45, 2.75) is 52.1 Å². The Morgan fingerprint density at radius 2 is 1.92 bits per heavy atom. The number of aryl methyl sites for hydroxylation is 1. The van der Waals surface area contributed by atoms with Crippen LogP contribution < -0.4 is 0 Å². The number of esters is 1. The van der Waals surface area contributed by atoms with Crippen LogP contribution in [0.2, 0.25) is 0 Å². The molecule has 1 amide bonds. The Hall–Kier alpha value is -2.44. The standard InChI is InChI=1S/C17H22N2O5/c1-11-6-4-9-14(16(11)19(22)23)17(21)24-10-15(20)18-12(2)7-5-8-13(18)3/h4,6,9,12-13H,5,7-8,10H2,1-3H3/t12-,13-/m0/s1. The number of rotatable bonds is 4. The van der Waals surface area contributed by atoms with Gasteiger partial charge in [0.15, 0.2) is 6.61 Å². The molecule has 1 aromatic rings. The Balaban J connectivity index is 2.07. The summed E-state index contributed by atoms with van der Waals surface area (Å²) in [4.78, 5) is 36.8. The number of nitrogens with zero attached hydrogens (tertiary/aromatic N) is 2. The quantitative estimate of drug-likeness (QED) is 0.480. The molecule has 2 rings (SSSR count). The first-order valence-corrected chi connectivity index (χ1v) is 8.05.